The number of hydrogen-bond acceptors (Lipinski definition) is 3. The van der Waals surface area contributed by atoms with E-state index in [2.05, 4.69) is 13.8 Å². The van der Waals surface area contributed by atoms with Gasteiger partial charge in [0.05, 0.1) is 16.1 Å². The Bertz CT molecular complexity index is 1350. The van der Waals surface area contributed by atoms with E-state index in [0.29, 0.717) is 28.3 Å². The van der Waals surface area contributed by atoms with E-state index >= 15 is 0 Å². The lowest BCUT2D eigenvalue weighted by Gasteiger charge is -2.21. The van der Waals surface area contributed by atoms with Crippen LogP contribution in [-0.2, 0) is 22.0 Å². The SMILES string of the molecule is Cc1cc(S(=O)N2CC(C(C)C)c3cc(-c4ccc(C(F)(F)F)cc4)cc(C)c32)ccc1OCC(=O)O. The van der Waals surface area contributed by atoms with Crippen molar-refractivity contribution in [2.45, 2.75) is 44.7 Å². The van der Waals surface area contributed by atoms with Crippen LogP contribution in [0.25, 0.3) is 11.1 Å². The van der Waals surface area contributed by atoms with Crippen molar-refractivity contribution in [2.75, 3.05) is 17.5 Å². The van der Waals surface area contributed by atoms with Crippen molar-refractivity contribution in [1.29, 1.82) is 0 Å². The molecule has 0 spiro atoms. The zero-order valence-corrected chi connectivity index (χ0v) is 21.7. The maximum absolute atomic E-state index is 13.7. The second-order valence-electron chi connectivity index (χ2n) is 9.58. The van der Waals surface area contributed by atoms with Crippen LogP contribution in [0.15, 0.2) is 59.5 Å². The molecule has 2 atom stereocenters. The molecule has 0 aliphatic carbocycles. The molecule has 3 aromatic rings. The van der Waals surface area contributed by atoms with E-state index in [-0.39, 0.29) is 11.8 Å². The van der Waals surface area contributed by atoms with E-state index in [1.54, 1.807) is 25.1 Å². The number of ether oxygens (including phenoxy) is 1. The molecule has 1 heterocycles. The number of aryl methyl sites for hydroxylation is 2. The highest BCUT2D eigenvalue weighted by Crippen LogP contribution is 2.46. The Balaban J connectivity index is 1.69. The molecule has 1 aliphatic heterocycles. The van der Waals surface area contributed by atoms with Crippen LogP contribution >= 0.6 is 0 Å². The molecule has 196 valence electrons. The quantitative estimate of drug-likeness (QED) is 0.367. The summed E-state index contributed by atoms with van der Waals surface area (Å²) in [6.45, 7) is 7.97. The fraction of sp³-hybridized carbons (Fsp3) is 0.321. The number of fused-ring (bicyclic) bond motifs is 1. The molecular weight excluding hydrogens is 503 g/mol. The van der Waals surface area contributed by atoms with Crippen molar-refractivity contribution in [3.8, 4) is 16.9 Å². The maximum Gasteiger partial charge on any atom is 0.416 e. The fourth-order valence-electron chi connectivity index (χ4n) is 4.70. The summed E-state index contributed by atoms with van der Waals surface area (Å²) in [4.78, 5) is 11.4. The van der Waals surface area contributed by atoms with Gasteiger partial charge >= 0.3 is 12.1 Å². The third-order valence-corrected chi connectivity index (χ3v) is 7.98. The van der Waals surface area contributed by atoms with Gasteiger partial charge in [-0.25, -0.2) is 9.00 Å². The molecule has 4 rings (SSSR count). The van der Waals surface area contributed by atoms with Gasteiger partial charge in [-0.15, -0.1) is 0 Å². The number of carboxylic acids is 1. The van der Waals surface area contributed by atoms with Crippen molar-refractivity contribution < 1.29 is 32.0 Å². The number of aliphatic carboxylic acids is 1. The summed E-state index contributed by atoms with van der Waals surface area (Å²) in [6.07, 6.45) is -4.39. The normalized spacial score (nSPS) is 16.1. The van der Waals surface area contributed by atoms with Crippen molar-refractivity contribution >= 4 is 22.6 Å². The highest BCUT2D eigenvalue weighted by atomic mass is 32.2. The van der Waals surface area contributed by atoms with Crippen molar-refractivity contribution in [3.63, 3.8) is 0 Å². The molecule has 0 saturated carbocycles. The van der Waals surface area contributed by atoms with Crippen molar-refractivity contribution in [1.82, 2.24) is 0 Å². The number of carbonyl (C=O) groups is 1. The molecule has 2 unspecified atom stereocenters. The highest BCUT2D eigenvalue weighted by Gasteiger charge is 2.36. The molecular formula is C28H28F3NO4S. The van der Waals surface area contributed by atoms with Crippen molar-refractivity contribution in [2.24, 2.45) is 5.92 Å². The molecule has 1 N–H and O–H groups in total. The summed E-state index contributed by atoms with van der Waals surface area (Å²) in [6, 6.07) is 14.1. The molecule has 37 heavy (non-hydrogen) atoms. The first-order valence-corrected chi connectivity index (χ1v) is 12.9. The van der Waals surface area contributed by atoms with Gasteiger partial charge in [0.15, 0.2) is 17.6 Å². The zero-order chi connectivity index (χ0) is 27.1. The van der Waals surface area contributed by atoms with Gasteiger partial charge in [-0.05, 0) is 90.0 Å². The van der Waals surface area contributed by atoms with Gasteiger partial charge in [0.1, 0.15) is 5.75 Å². The van der Waals surface area contributed by atoms with E-state index in [9.17, 15) is 22.2 Å². The number of rotatable bonds is 7. The smallest absolute Gasteiger partial charge is 0.416 e. The Hall–Kier alpha value is -3.33. The number of alkyl halides is 3. The number of carboxylic acid groups (broad SMARTS) is 1. The van der Waals surface area contributed by atoms with Gasteiger partial charge < -0.3 is 9.84 Å². The first-order chi connectivity index (χ1) is 17.4. The van der Waals surface area contributed by atoms with Gasteiger partial charge in [-0.3, -0.25) is 4.31 Å². The predicted octanol–water partition coefficient (Wildman–Crippen LogP) is 6.74. The largest absolute Gasteiger partial charge is 0.482 e. The van der Waals surface area contributed by atoms with Gasteiger partial charge in [0.2, 0.25) is 0 Å². The molecule has 3 aromatic carbocycles. The van der Waals surface area contributed by atoms with Crippen LogP contribution in [0.4, 0.5) is 18.9 Å². The average molecular weight is 532 g/mol. The lowest BCUT2D eigenvalue weighted by molar-refractivity contribution is -0.139. The molecule has 0 bridgehead atoms. The second-order valence-corrected chi connectivity index (χ2v) is 11.0. The molecule has 0 amide bonds. The minimum absolute atomic E-state index is 0.0892. The first kappa shape index (κ1) is 26.7. The third kappa shape index (κ3) is 5.51. The molecule has 0 saturated heterocycles. The molecule has 9 heteroatoms. The number of hydrogen-bond donors (Lipinski definition) is 1. The van der Waals surface area contributed by atoms with Crippen molar-refractivity contribution in [3.05, 3.63) is 76.9 Å². The summed E-state index contributed by atoms with van der Waals surface area (Å²) >= 11 is 0. The molecule has 1 aliphatic rings. The molecule has 0 radical (unpaired) electrons. The summed E-state index contributed by atoms with van der Waals surface area (Å²) in [7, 11) is -1.53. The van der Waals surface area contributed by atoms with Crippen LogP contribution in [0.2, 0.25) is 0 Å². The van der Waals surface area contributed by atoms with E-state index in [1.807, 2.05) is 23.4 Å². The molecule has 0 aromatic heterocycles. The number of benzene rings is 3. The highest BCUT2D eigenvalue weighted by molar-refractivity contribution is 7.86. The minimum atomic E-state index is -4.39. The second kappa shape index (κ2) is 10.2. The van der Waals surface area contributed by atoms with E-state index in [1.165, 1.54) is 12.1 Å². The maximum atomic E-state index is 13.7. The van der Waals surface area contributed by atoms with E-state index in [4.69, 9.17) is 9.84 Å². The number of halogens is 3. The lowest BCUT2D eigenvalue weighted by atomic mass is 9.87. The number of anilines is 1. The Morgan fingerprint density at radius 1 is 1.05 bits per heavy atom. The van der Waals surface area contributed by atoms with Crippen LogP contribution in [-0.4, -0.2) is 28.4 Å². The minimum Gasteiger partial charge on any atom is -0.482 e. The zero-order valence-electron chi connectivity index (χ0n) is 20.9. The van der Waals surface area contributed by atoms with E-state index in [0.717, 1.165) is 34.5 Å². The summed E-state index contributed by atoms with van der Waals surface area (Å²) in [5.74, 6) is -0.322. The predicted molar refractivity (Wildman–Crippen MR) is 137 cm³/mol. The van der Waals surface area contributed by atoms with Gasteiger partial charge in [0, 0.05) is 12.5 Å². The monoisotopic (exact) mass is 531 g/mol. The van der Waals surface area contributed by atoms with Crippen LogP contribution in [0.1, 0.15) is 42.0 Å². The summed E-state index contributed by atoms with van der Waals surface area (Å²) in [5, 5.41) is 8.85. The summed E-state index contributed by atoms with van der Waals surface area (Å²) in [5.41, 5.74) is 4.29. The topological polar surface area (TPSA) is 66.8 Å². The average Bonchev–Trinajstić information content (AvgIpc) is 3.23. The Kier molecular flexibility index (Phi) is 7.37. The molecule has 0 fully saturated rings. The molecule has 5 nitrogen and oxygen atoms in total. The lowest BCUT2D eigenvalue weighted by Crippen LogP contribution is -2.26. The first-order valence-electron chi connectivity index (χ1n) is 11.8. The van der Waals surface area contributed by atoms with Crippen LogP contribution < -0.4 is 9.04 Å². The van der Waals surface area contributed by atoms with Crippen LogP contribution in [0.3, 0.4) is 0 Å². The fourth-order valence-corrected chi connectivity index (χ4v) is 6.12. The summed E-state index contributed by atoms with van der Waals surface area (Å²) < 4.78 is 60.0. The third-order valence-electron chi connectivity index (χ3n) is 6.59. The number of nitrogens with zero attached hydrogens (tertiary/aromatic N) is 1. The Labute approximate surface area is 216 Å². The van der Waals surface area contributed by atoms with E-state index < -0.39 is 35.3 Å². The standard InChI is InChI=1S/C28H28F3NO4S/c1-16(2)24-14-32(37(35)22-9-10-25(17(3)12-22)36-15-26(33)34)27-18(4)11-20(13-23(24)27)19-5-7-21(8-6-19)28(29,30)31/h5-13,16,24H,14-15H2,1-4H3,(H,33,34). The van der Waals surface area contributed by atoms with Gasteiger partial charge in [-0.1, -0.05) is 26.0 Å². The van der Waals surface area contributed by atoms with Gasteiger partial charge in [0.25, 0.3) is 0 Å². The Morgan fingerprint density at radius 2 is 1.73 bits per heavy atom. The Morgan fingerprint density at radius 3 is 2.30 bits per heavy atom. The van der Waals surface area contributed by atoms with Gasteiger partial charge in [-0.2, -0.15) is 13.2 Å². The van der Waals surface area contributed by atoms with Crippen LogP contribution in [0, 0.1) is 19.8 Å². The van der Waals surface area contributed by atoms with Crippen LogP contribution in [0.5, 0.6) is 5.75 Å².